The van der Waals surface area contributed by atoms with Crippen LogP contribution in [-0.2, 0) is 13.5 Å². The molecule has 1 atom stereocenters. The Morgan fingerprint density at radius 1 is 1.30 bits per heavy atom. The number of carbonyl (C=O) groups excluding carboxylic acids is 2. The summed E-state index contributed by atoms with van der Waals surface area (Å²) in [4.78, 5) is 26.1. The van der Waals surface area contributed by atoms with Crippen LogP contribution in [0.25, 0.3) is 0 Å². The van der Waals surface area contributed by atoms with Gasteiger partial charge in [0.2, 0.25) is 0 Å². The number of nitrogens with zero attached hydrogens (tertiary/aromatic N) is 2. The minimum atomic E-state index is -0.344. The van der Waals surface area contributed by atoms with Crippen molar-refractivity contribution < 1.29 is 14.7 Å². The minimum Gasteiger partial charge on any atom is -0.394 e. The monoisotopic (exact) mass is 312 g/mol. The van der Waals surface area contributed by atoms with E-state index in [1.54, 1.807) is 28.8 Å². The van der Waals surface area contributed by atoms with Crippen LogP contribution in [0, 0.1) is 0 Å². The Hall–Kier alpha value is -2.40. The third kappa shape index (κ3) is 2.68. The predicted molar refractivity (Wildman–Crippen MR) is 86.4 cm³/mol. The summed E-state index contributed by atoms with van der Waals surface area (Å²) in [5, 5.41) is 9.81. The summed E-state index contributed by atoms with van der Waals surface area (Å²) in [6.07, 6.45) is 2.43. The number of aliphatic hydroxyl groups excluding tert-OH is 1. The van der Waals surface area contributed by atoms with E-state index in [1.165, 1.54) is 12.5 Å². The molecule has 0 unspecified atom stereocenters. The van der Waals surface area contributed by atoms with Crippen LogP contribution in [0.2, 0.25) is 0 Å². The zero-order chi connectivity index (χ0) is 16.6. The van der Waals surface area contributed by atoms with E-state index in [4.69, 9.17) is 0 Å². The van der Waals surface area contributed by atoms with E-state index in [-0.39, 0.29) is 24.3 Å². The molecular formula is C18H20N2O3. The van der Waals surface area contributed by atoms with Gasteiger partial charge in [0.05, 0.1) is 12.6 Å². The molecule has 1 N–H and O–H groups in total. The van der Waals surface area contributed by atoms with Gasteiger partial charge in [-0.25, -0.2) is 0 Å². The van der Waals surface area contributed by atoms with E-state index >= 15 is 0 Å². The molecule has 0 saturated heterocycles. The maximum atomic E-state index is 12.9. The van der Waals surface area contributed by atoms with Crippen LogP contribution in [0.4, 0.5) is 0 Å². The number of benzene rings is 1. The summed E-state index contributed by atoms with van der Waals surface area (Å²) in [6.45, 7) is 1.92. The van der Waals surface area contributed by atoms with Crippen molar-refractivity contribution >= 4 is 11.7 Å². The summed E-state index contributed by atoms with van der Waals surface area (Å²) in [6, 6.07) is 9.17. The van der Waals surface area contributed by atoms with Gasteiger partial charge in [-0.1, -0.05) is 24.3 Å². The molecule has 0 saturated carbocycles. The van der Waals surface area contributed by atoms with Crippen LogP contribution in [0.15, 0.2) is 36.5 Å². The fourth-order valence-electron chi connectivity index (χ4n) is 3.21. The lowest BCUT2D eigenvalue weighted by atomic mass is 9.92. The average molecular weight is 312 g/mol. The number of carbonyl (C=O) groups is 2. The minimum absolute atomic E-state index is 0.0673. The molecule has 0 aliphatic carbocycles. The van der Waals surface area contributed by atoms with Crippen LogP contribution in [0.3, 0.4) is 0 Å². The van der Waals surface area contributed by atoms with Crippen LogP contribution < -0.4 is 0 Å². The summed E-state index contributed by atoms with van der Waals surface area (Å²) in [5.74, 6) is -0.226. The number of Topliss-reactive ketones (excluding diaryl/α,β-unsaturated/α-hetero) is 1. The second-order valence-electron chi connectivity index (χ2n) is 5.93. The van der Waals surface area contributed by atoms with Crippen LogP contribution in [-0.4, -0.2) is 39.4 Å². The highest BCUT2D eigenvalue weighted by Crippen LogP contribution is 2.30. The molecule has 0 radical (unpaired) electrons. The Kier molecular flexibility index (Phi) is 4.05. The van der Waals surface area contributed by atoms with Gasteiger partial charge >= 0.3 is 0 Å². The lowest BCUT2D eigenvalue weighted by Crippen LogP contribution is -2.42. The number of aromatic nitrogens is 1. The number of fused-ring (bicyclic) bond motifs is 1. The Morgan fingerprint density at radius 2 is 2.04 bits per heavy atom. The number of ketones is 1. The maximum Gasteiger partial charge on any atom is 0.271 e. The van der Waals surface area contributed by atoms with Gasteiger partial charge in [-0.2, -0.15) is 0 Å². The van der Waals surface area contributed by atoms with Crippen molar-refractivity contribution in [3.05, 3.63) is 58.9 Å². The van der Waals surface area contributed by atoms with E-state index in [1.807, 2.05) is 24.3 Å². The molecule has 0 fully saturated rings. The molecule has 1 amide bonds. The molecule has 2 aromatic rings. The van der Waals surface area contributed by atoms with Crippen LogP contribution >= 0.6 is 0 Å². The fourth-order valence-corrected chi connectivity index (χ4v) is 3.21. The van der Waals surface area contributed by atoms with Crippen molar-refractivity contribution in [1.82, 2.24) is 9.47 Å². The van der Waals surface area contributed by atoms with E-state index in [0.29, 0.717) is 17.8 Å². The summed E-state index contributed by atoms with van der Waals surface area (Å²) in [5.41, 5.74) is 3.16. The van der Waals surface area contributed by atoms with E-state index in [2.05, 4.69) is 0 Å². The zero-order valence-electron chi connectivity index (χ0n) is 13.3. The molecule has 0 bridgehead atoms. The SMILES string of the molecule is CC(=O)c1cc(C(=O)N2CCc3ccccc3[C@H]2CO)n(C)c1. The number of aryl methyl sites for hydroxylation is 1. The van der Waals surface area contributed by atoms with Gasteiger partial charge in [0, 0.05) is 25.4 Å². The topological polar surface area (TPSA) is 62.5 Å². The molecule has 1 aliphatic rings. The van der Waals surface area contributed by atoms with Crippen LogP contribution in [0.5, 0.6) is 0 Å². The number of amides is 1. The first-order valence-electron chi connectivity index (χ1n) is 7.70. The summed E-state index contributed by atoms with van der Waals surface area (Å²) < 4.78 is 1.67. The molecular weight excluding hydrogens is 292 g/mol. The largest absolute Gasteiger partial charge is 0.394 e. The van der Waals surface area contributed by atoms with Crippen molar-refractivity contribution in [1.29, 1.82) is 0 Å². The highest BCUT2D eigenvalue weighted by atomic mass is 16.3. The van der Waals surface area contributed by atoms with Crippen molar-refractivity contribution in [3.63, 3.8) is 0 Å². The van der Waals surface area contributed by atoms with Gasteiger partial charge in [0.1, 0.15) is 5.69 Å². The fraction of sp³-hybridized carbons (Fsp3) is 0.333. The zero-order valence-corrected chi connectivity index (χ0v) is 13.3. The molecule has 120 valence electrons. The van der Waals surface area contributed by atoms with Crippen molar-refractivity contribution in [2.75, 3.05) is 13.2 Å². The number of aliphatic hydroxyl groups is 1. The van der Waals surface area contributed by atoms with Crippen molar-refractivity contribution in [2.24, 2.45) is 7.05 Å². The van der Waals surface area contributed by atoms with E-state index in [0.717, 1.165) is 12.0 Å². The Balaban J connectivity index is 1.95. The van der Waals surface area contributed by atoms with Crippen molar-refractivity contribution in [3.8, 4) is 0 Å². The predicted octanol–water partition coefficient (Wildman–Crippen LogP) is 1.96. The highest BCUT2D eigenvalue weighted by Gasteiger charge is 2.31. The smallest absolute Gasteiger partial charge is 0.271 e. The van der Waals surface area contributed by atoms with E-state index < -0.39 is 0 Å². The first kappa shape index (κ1) is 15.5. The lowest BCUT2D eigenvalue weighted by Gasteiger charge is -2.36. The lowest BCUT2D eigenvalue weighted by molar-refractivity contribution is 0.0559. The first-order valence-corrected chi connectivity index (χ1v) is 7.70. The van der Waals surface area contributed by atoms with Gasteiger partial charge in [0.25, 0.3) is 5.91 Å². The van der Waals surface area contributed by atoms with E-state index in [9.17, 15) is 14.7 Å². The third-order valence-electron chi connectivity index (χ3n) is 4.48. The average Bonchev–Trinajstić information content (AvgIpc) is 2.95. The number of hydrogen-bond donors (Lipinski definition) is 1. The second-order valence-corrected chi connectivity index (χ2v) is 5.93. The van der Waals surface area contributed by atoms with Gasteiger partial charge in [-0.15, -0.1) is 0 Å². The second kappa shape index (κ2) is 6.01. The van der Waals surface area contributed by atoms with Crippen molar-refractivity contribution in [2.45, 2.75) is 19.4 Å². The van der Waals surface area contributed by atoms with Crippen LogP contribution in [0.1, 0.15) is 44.9 Å². The Labute approximate surface area is 135 Å². The van der Waals surface area contributed by atoms with Gasteiger partial charge in [0.15, 0.2) is 5.78 Å². The normalized spacial score (nSPS) is 17.0. The Morgan fingerprint density at radius 3 is 2.70 bits per heavy atom. The molecule has 5 nitrogen and oxygen atoms in total. The molecule has 1 aliphatic heterocycles. The quantitative estimate of drug-likeness (QED) is 0.881. The molecule has 3 rings (SSSR count). The maximum absolute atomic E-state index is 12.9. The summed E-state index contributed by atoms with van der Waals surface area (Å²) in [7, 11) is 1.76. The molecule has 0 spiro atoms. The third-order valence-corrected chi connectivity index (χ3v) is 4.48. The number of rotatable bonds is 3. The standard InChI is InChI=1S/C18H20N2O3/c1-12(22)14-9-16(19(2)10-14)18(23)20-8-7-13-5-3-4-6-15(13)17(20)11-21/h3-6,9-10,17,21H,7-8,11H2,1-2H3/t17-/m1/s1. The first-order chi connectivity index (χ1) is 11.0. The number of hydrogen-bond acceptors (Lipinski definition) is 3. The highest BCUT2D eigenvalue weighted by molar-refractivity contribution is 5.99. The molecule has 1 aromatic heterocycles. The molecule has 23 heavy (non-hydrogen) atoms. The molecule has 5 heteroatoms. The Bertz CT molecular complexity index is 763. The van der Waals surface area contributed by atoms with Gasteiger partial charge in [-0.3, -0.25) is 9.59 Å². The molecule has 1 aromatic carbocycles. The van der Waals surface area contributed by atoms with Gasteiger partial charge in [-0.05, 0) is 30.5 Å². The molecule has 2 heterocycles. The van der Waals surface area contributed by atoms with Gasteiger partial charge < -0.3 is 14.6 Å². The summed E-state index contributed by atoms with van der Waals surface area (Å²) >= 11 is 0.